The van der Waals surface area contributed by atoms with Gasteiger partial charge in [0.1, 0.15) is 0 Å². The Hall–Kier alpha value is -1.47. The quantitative estimate of drug-likeness (QED) is 0.449. The van der Waals surface area contributed by atoms with Gasteiger partial charge >= 0.3 is 0 Å². The van der Waals surface area contributed by atoms with E-state index in [1.54, 1.807) is 0 Å². The lowest BCUT2D eigenvalue weighted by molar-refractivity contribution is -0.384. The summed E-state index contributed by atoms with van der Waals surface area (Å²) in [5, 5.41) is 10.4. The van der Waals surface area contributed by atoms with Crippen LogP contribution in [0.3, 0.4) is 0 Å². The van der Waals surface area contributed by atoms with Gasteiger partial charge in [-0.1, -0.05) is 0 Å². The number of nitrogens with zero attached hydrogens (tertiary/aromatic N) is 2. The van der Waals surface area contributed by atoms with Gasteiger partial charge in [0.2, 0.25) is 10.0 Å². The highest BCUT2D eigenvalue weighted by atomic mass is 32.2. The third kappa shape index (κ3) is 1.79. The summed E-state index contributed by atoms with van der Waals surface area (Å²) in [4.78, 5) is 9.95. The van der Waals surface area contributed by atoms with Gasteiger partial charge in [0.05, 0.1) is 9.82 Å². The molecule has 0 N–H and O–H groups in total. The van der Waals surface area contributed by atoms with E-state index in [2.05, 4.69) is 0 Å². The van der Waals surface area contributed by atoms with Gasteiger partial charge in [0.25, 0.3) is 5.69 Å². The van der Waals surface area contributed by atoms with Gasteiger partial charge < -0.3 is 0 Å². The molecule has 1 aromatic carbocycles. The van der Waals surface area contributed by atoms with Crippen LogP contribution in [-0.4, -0.2) is 30.2 Å². The largest absolute Gasteiger partial charge is 0.269 e. The van der Waals surface area contributed by atoms with E-state index in [1.807, 2.05) is 6.92 Å². The van der Waals surface area contributed by atoms with Gasteiger partial charge in [-0.05, 0) is 19.1 Å². The van der Waals surface area contributed by atoms with Crippen LogP contribution in [0.1, 0.15) is 6.92 Å². The Labute approximate surface area is 92.7 Å². The zero-order chi connectivity index (χ0) is 11.9. The molecule has 86 valence electrons. The maximum absolute atomic E-state index is 11.8. The lowest BCUT2D eigenvalue weighted by atomic mass is 10.3. The normalized spacial score (nSPS) is 24.1. The fourth-order valence-electron chi connectivity index (χ4n) is 1.42. The standard InChI is InChI=1S/C9H10N2O4S/c1-7-6-10(7)16(14,15)9-4-2-8(3-5-9)11(12)13/h2-5,7H,6H2,1H3. The van der Waals surface area contributed by atoms with Crippen LogP contribution in [0.25, 0.3) is 0 Å². The van der Waals surface area contributed by atoms with Crippen LogP contribution in [-0.2, 0) is 10.0 Å². The lowest BCUT2D eigenvalue weighted by Gasteiger charge is -2.04. The summed E-state index contributed by atoms with van der Waals surface area (Å²) in [7, 11) is -3.45. The average Bonchev–Trinajstić information content (AvgIpc) is 2.96. The molecule has 0 spiro atoms. The van der Waals surface area contributed by atoms with Crippen LogP contribution in [0.5, 0.6) is 0 Å². The van der Waals surface area contributed by atoms with E-state index in [0.29, 0.717) is 6.54 Å². The molecule has 6 nitrogen and oxygen atoms in total. The van der Waals surface area contributed by atoms with Crippen LogP contribution in [0.15, 0.2) is 29.2 Å². The van der Waals surface area contributed by atoms with Crippen LogP contribution >= 0.6 is 0 Å². The average molecular weight is 242 g/mol. The lowest BCUT2D eigenvalue weighted by Crippen LogP contribution is -2.13. The number of sulfonamides is 1. The van der Waals surface area contributed by atoms with Crippen molar-refractivity contribution < 1.29 is 13.3 Å². The second kappa shape index (κ2) is 3.53. The maximum atomic E-state index is 11.8. The second-order valence-electron chi connectivity index (χ2n) is 3.67. The summed E-state index contributed by atoms with van der Waals surface area (Å²) < 4.78 is 25.0. The first-order chi connectivity index (χ1) is 7.43. The van der Waals surface area contributed by atoms with E-state index in [-0.39, 0.29) is 16.6 Å². The van der Waals surface area contributed by atoms with E-state index in [0.717, 1.165) is 0 Å². The molecule has 1 fully saturated rings. The zero-order valence-corrected chi connectivity index (χ0v) is 9.35. The molecule has 1 saturated heterocycles. The SMILES string of the molecule is CC1CN1S(=O)(=O)c1ccc([N+](=O)[O-])cc1. The molecule has 16 heavy (non-hydrogen) atoms. The Kier molecular flexibility index (Phi) is 2.43. The first-order valence-corrected chi connectivity index (χ1v) is 6.13. The van der Waals surface area contributed by atoms with Crippen molar-refractivity contribution in [3.63, 3.8) is 0 Å². The molecule has 1 aromatic rings. The van der Waals surface area contributed by atoms with E-state index in [1.165, 1.54) is 28.6 Å². The summed E-state index contributed by atoms with van der Waals surface area (Å²) in [5.41, 5.74) is -0.113. The van der Waals surface area contributed by atoms with Gasteiger partial charge in [-0.2, -0.15) is 4.31 Å². The highest BCUT2D eigenvalue weighted by molar-refractivity contribution is 7.89. The Bertz CT molecular complexity index is 523. The first kappa shape index (κ1) is 11.0. The van der Waals surface area contributed by atoms with Crippen molar-refractivity contribution in [1.82, 2.24) is 4.31 Å². The molecule has 0 bridgehead atoms. The van der Waals surface area contributed by atoms with Crippen LogP contribution in [0.2, 0.25) is 0 Å². The minimum absolute atomic E-state index is 0.0280. The van der Waals surface area contributed by atoms with Crippen molar-refractivity contribution in [2.24, 2.45) is 0 Å². The van der Waals surface area contributed by atoms with Crippen LogP contribution in [0, 0.1) is 10.1 Å². The number of nitro groups is 1. The molecule has 1 heterocycles. The van der Waals surface area contributed by atoms with Crippen molar-refractivity contribution in [2.75, 3.05) is 6.54 Å². The molecule has 1 aliphatic heterocycles. The molecule has 2 rings (SSSR count). The van der Waals surface area contributed by atoms with Gasteiger partial charge in [-0.15, -0.1) is 0 Å². The molecular formula is C9H10N2O4S. The van der Waals surface area contributed by atoms with Crippen molar-refractivity contribution in [3.05, 3.63) is 34.4 Å². The maximum Gasteiger partial charge on any atom is 0.269 e. The van der Waals surface area contributed by atoms with E-state index >= 15 is 0 Å². The Morgan fingerprint density at radius 2 is 1.88 bits per heavy atom. The van der Waals surface area contributed by atoms with E-state index in [9.17, 15) is 18.5 Å². The Morgan fingerprint density at radius 1 is 1.38 bits per heavy atom. The number of rotatable bonds is 3. The minimum atomic E-state index is -3.45. The Morgan fingerprint density at radius 3 is 2.25 bits per heavy atom. The molecule has 0 aliphatic carbocycles. The van der Waals surface area contributed by atoms with Crippen molar-refractivity contribution in [3.8, 4) is 0 Å². The molecular weight excluding hydrogens is 232 g/mol. The monoisotopic (exact) mass is 242 g/mol. The fourth-order valence-corrected chi connectivity index (χ4v) is 3.06. The third-order valence-corrected chi connectivity index (χ3v) is 4.45. The van der Waals surface area contributed by atoms with Crippen molar-refractivity contribution in [1.29, 1.82) is 0 Å². The smallest absolute Gasteiger partial charge is 0.258 e. The van der Waals surface area contributed by atoms with Gasteiger partial charge in [0, 0.05) is 24.7 Å². The summed E-state index contributed by atoms with van der Waals surface area (Å²) in [6, 6.07) is 4.94. The van der Waals surface area contributed by atoms with Crippen molar-refractivity contribution in [2.45, 2.75) is 17.9 Å². The van der Waals surface area contributed by atoms with Gasteiger partial charge in [-0.3, -0.25) is 10.1 Å². The van der Waals surface area contributed by atoms with Crippen LogP contribution in [0.4, 0.5) is 5.69 Å². The van der Waals surface area contributed by atoms with E-state index in [4.69, 9.17) is 0 Å². The molecule has 0 saturated carbocycles. The molecule has 2 atom stereocenters. The number of nitro benzene ring substituents is 1. The molecule has 2 unspecified atom stereocenters. The number of hydrogen-bond donors (Lipinski definition) is 0. The molecule has 1 aliphatic rings. The second-order valence-corrected chi connectivity index (χ2v) is 5.57. The molecule has 7 heteroatoms. The number of hydrogen-bond acceptors (Lipinski definition) is 4. The predicted molar refractivity (Wildman–Crippen MR) is 56.5 cm³/mol. The van der Waals surface area contributed by atoms with E-state index < -0.39 is 14.9 Å². The van der Waals surface area contributed by atoms with Crippen LogP contribution < -0.4 is 0 Å². The fraction of sp³-hybridized carbons (Fsp3) is 0.333. The van der Waals surface area contributed by atoms with Gasteiger partial charge in [0.15, 0.2) is 0 Å². The highest BCUT2D eigenvalue weighted by Gasteiger charge is 2.41. The topological polar surface area (TPSA) is 80.3 Å². The van der Waals surface area contributed by atoms with Crippen molar-refractivity contribution >= 4 is 15.7 Å². The minimum Gasteiger partial charge on any atom is -0.258 e. The molecule has 0 amide bonds. The third-order valence-electron chi connectivity index (χ3n) is 2.46. The highest BCUT2D eigenvalue weighted by Crippen LogP contribution is 2.28. The molecule has 0 aromatic heterocycles. The molecule has 0 radical (unpaired) electrons. The predicted octanol–water partition coefficient (Wildman–Crippen LogP) is 0.988. The zero-order valence-electron chi connectivity index (χ0n) is 8.53. The number of non-ortho nitro benzene ring substituents is 1. The Balaban J connectivity index is 2.32. The first-order valence-electron chi connectivity index (χ1n) is 4.69. The summed E-state index contributed by atoms with van der Waals surface area (Å²) in [6.07, 6.45) is 0. The van der Waals surface area contributed by atoms with Gasteiger partial charge in [-0.25, -0.2) is 8.42 Å². The summed E-state index contributed by atoms with van der Waals surface area (Å²) in [5.74, 6) is 0. The number of benzene rings is 1. The summed E-state index contributed by atoms with van der Waals surface area (Å²) >= 11 is 0. The summed E-state index contributed by atoms with van der Waals surface area (Å²) in [6.45, 7) is 2.32.